The monoisotopic (exact) mass is 439 g/mol. The van der Waals surface area contributed by atoms with Crippen molar-refractivity contribution in [2.24, 2.45) is 16.3 Å². The highest BCUT2D eigenvalue weighted by molar-refractivity contribution is 5.85. The minimum absolute atomic E-state index is 0.319. The number of aromatic hydroxyl groups is 1. The largest absolute Gasteiger partial charge is 0.507 e. The van der Waals surface area contributed by atoms with Crippen LogP contribution < -0.4 is 0 Å². The fraction of sp³-hybridized carbons (Fsp3) is 0.387. The maximum atomic E-state index is 11.4. The molecule has 0 spiro atoms. The number of phenolic OH excluding ortho intramolecular Hbond substituents is 1. The van der Waals surface area contributed by atoms with Crippen molar-refractivity contribution in [3.8, 4) is 5.75 Å². The van der Waals surface area contributed by atoms with E-state index in [4.69, 9.17) is 4.99 Å². The second kappa shape index (κ2) is 9.55. The van der Waals surface area contributed by atoms with Crippen molar-refractivity contribution in [1.82, 2.24) is 0 Å². The summed E-state index contributed by atoms with van der Waals surface area (Å²) in [6, 6.07) is 27.3. The summed E-state index contributed by atoms with van der Waals surface area (Å²) in [4.78, 5) is 4.91. The topological polar surface area (TPSA) is 32.6 Å². The standard InChI is InChI=1S/C31H37NO/c1-30(2,3)24-18-20-27(21-19-24)32-22-23-12-11-17-28(29(23)33)31(4,25-13-7-5-8-14-25)26-15-9-6-10-16-26/h5-17,22,24,27,33H,18-21H2,1-4H3. The molecule has 0 amide bonds. The Labute approximate surface area is 199 Å². The number of aliphatic imine (C=N–C) groups is 1. The van der Waals surface area contributed by atoms with E-state index in [0.29, 0.717) is 17.2 Å². The molecule has 1 saturated carbocycles. The average molecular weight is 440 g/mol. The highest BCUT2D eigenvalue weighted by Gasteiger charge is 2.34. The average Bonchev–Trinajstić information content (AvgIpc) is 2.84. The van der Waals surface area contributed by atoms with Crippen molar-refractivity contribution in [1.29, 1.82) is 0 Å². The molecular formula is C31H37NO. The van der Waals surface area contributed by atoms with Crippen LogP contribution in [0, 0.1) is 11.3 Å². The molecule has 0 radical (unpaired) electrons. The summed E-state index contributed by atoms with van der Waals surface area (Å²) in [5.74, 6) is 1.10. The fourth-order valence-corrected chi connectivity index (χ4v) is 5.37. The highest BCUT2D eigenvalue weighted by atomic mass is 16.3. The lowest BCUT2D eigenvalue weighted by Gasteiger charge is -2.35. The fourth-order valence-electron chi connectivity index (χ4n) is 5.37. The second-order valence-corrected chi connectivity index (χ2v) is 10.8. The molecule has 0 unspecified atom stereocenters. The molecule has 0 saturated heterocycles. The van der Waals surface area contributed by atoms with Gasteiger partial charge in [0, 0.05) is 28.8 Å². The smallest absolute Gasteiger partial charge is 0.128 e. The van der Waals surface area contributed by atoms with Crippen LogP contribution in [0.5, 0.6) is 5.75 Å². The molecule has 4 rings (SSSR count). The van der Waals surface area contributed by atoms with Gasteiger partial charge >= 0.3 is 0 Å². The van der Waals surface area contributed by atoms with E-state index in [1.54, 1.807) is 0 Å². The molecule has 0 heterocycles. The maximum Gasteiger partial charge on any atom is 0.128 e. The van der Waals surface area contributed by atoms with E-state index < -0.39 is 5.41 Å². The van der Waals surface area contributed by atoms with Crippen LogP contribution in [-0.4, -0.2) is 17.4 Å². The Morgan fingerprint density at radius 1 is 0.727 bits per heavy atom. The first-order valence-electron chi connectivity index (χ1n) is 12.3. The van der Waals surface area contributed by atoms with Crippen molar-refractivity contribution in [2.75, 3.05) is 0 Å². The quantitative estimate of drug-likeness (QED) is 0.320. The number of rotatable bonds is 5. The first kappa shape index (κ1) is 23.3. The SMILES string of the molecule is CC(c1ccccc1)(c1ccccc1)c1cccc(C=NC2CCC(C(C)(C)C)CC2)c1O. The minimum atomic E-state index is -0.471. The molecule has 172 valence electrons. The number of para-hydroxylation sites is 1. The van der Waals surface area contributed by atoms with Gasteiger partial charge in [0.05, 0.1) is 0 Å². The third kappa shape index (κ3) is 4.90. The lowest BCUT2D eigenvalue weighted by Crippen LogP contribution is -2.27. The number of phenols is 1. The predicted molar refractivity (Wildman–Crippen MR) is 139 cm³/mol. The van der Waals surface area contributed by atoms with Crippen molar-refractivity contribution < 1.29 is 5.11 Å². The summed E-state index contributed by atoms with van der Waals surface area (Å²) in [6.07, 6.45) is 6.63. The van der Waals surface area contributed by atoms with Gasteiger partial charge in [0.1, 0.15) is 5.75 Å². The Balaban J connectivity index is 1.65. The summed E-state index contributed by atoms with van der Waals surface area (Å²) < 4.78 is 0. The van der Waals surface area contributed by atoms with Crippen molar-refractivity contribution in [3.05, 3.63) is 101 Å². The molecule has 1 aliphatic rings. The highest BCUT2D eigenvalue weighted by Crippen LogP contribution is 2.43. The summed E-state index contributed by atoms with van der Waals surface area (Å²) in [5, 5.41) is 11.4. The molecule has 1 aliphatic carbocycles. The van der Waals surface area contributed by atoms with Crippen molar-refractivity contribution >= 4 is 6.21 Å². The Kier molecular flexibility index (Phi) is 6.74. The third-order valence-electron chi connectivity index (χ3n) is 7.65. The Morgan fingerprint density at radius 3 is 1.79 bits per heavy atom. The van der Waals surface area contributed by atoms with E-state index in [2.05, 4.69) is 76.2 Å². The van der Waals surface area contributed by atoms with E-state index in [1.807, 2.05) is 36.5 Å². The van der Waals surface area contributed by atoms with Gasteiger partial charge in [0.25, 0.3) is 0 Å². The van der Waals surface area contributed by atoms with E-state index in [1.165, 1.54) is 12.8 Å². The van der Waals surface area contributed by atoms with Gasteiger partial charge in [0.15, 0.2) is 0 Å². The molecule has 0 aromatic heterocycles. The minimum Gasteiger partial charge on any atom is -0.507 e. The number of nitrogens with zero attached hydrogens (tertiary/aromatic N) is 1. The van der Waals surface area contributed by atoms with Crippen LogP contribution in [0.1, 0.15) is 75.6 Å². The zero-order valence-corrected chi connectivity index (χ0v) is 20.5. The molecule has 0 atom stereocenters. The van der Waals surface area contributed by atoms with E-state index in [-0.39, 0.29) is 0 Å². The summed E-state index contributed by atoms with van der Waals surface area (Å²) in [7, 11) is 0. The van der Waals surface area contributed by atoms with Gasteiger partial charge in [-0.1, -0.05) is 93.6 Å². The molecule has 2 nitrogen and oxygen atoms in total. The first-order valence-corrected chi connectivity index (χ1v) is 12.3. The first-order chi connectivity index (χ1) is 15.8. The lowest BCUT2D eigenvalue weighted by atomic mass is 9.70. The lowest BCUT2D eigenvalue weighted by molar-refractivity contribution is 0.170. The molecule has 1 N–H and O–H groups in total. The Morgan fingerprint density at radius 2 is 1.27 bits per heavy atom. The molecule has 3 aromatic carbocycles. The summed E-state index contributed by atoms with van der Waals surface area (Å²) in [5.41, 5.74) is 3.91. The Hall–Kier alpha value is -2.87. The van der Waals surface area contributed by atoms with Gasteiger partial charge in [-0.25, -0.2) is 0 Å². The summed E-state index contributed by atoms with van der Waals surface area (Å²) >= 11 is 0. The van der Waals surface area contributed by atoms with E-state index in [0.717, 1.165) is 41.0 Å². The third-order valence-corrected chi connectivity index (χ3v) is 7.65. The molecule has 0 bridgehead atoms. The molecule has 1 fully saturated rings. The van der Waals surface area contributed by atoms with Crippen molar-refractivity contribution in [3.63, 3.8) is 0 Å². The van der Waals surface area contributed by atoms with Crippen LogP contribution in [0.4, 0.5) is 0 Å². The van der Waals surface area contributed by atoms with E-state index >= 15 is 0 Å². The molecule has 33 heavy (non-hydrogen) atoms. The van der Waals surface area contributed by atoms with Gasteiger partial charge < -0.3 is 5.11 Å². The van der Waals surface area contributed by atoms with Crippen LogP contribution in [-0.2, 0) is 5.41 Å². The maximum absolute atomic E-state index is 11.4. The van der Waals surface area contributed by atoms with Crippen LogP contribution in [0.3, 0.4) is 0 Å². The van der Waals surface area contributed by atoms with Gasteiger partial charge in [-0.2, -0.15) is 0 Å². The predicted octanol–water partition coefficient (Wildman–Crippen LogP) is 7.77. The molecular weight excluding hydrogens is 402 g/mol. The Bertz CT molecular complexity index is 1030. The van der Waals surface area contributed by atoms with Gasteiger partial charge in [-0.05, 0) is 61.1 Å². The second-order valence-electron chi connectivity index (χ2n) is 10.8. The zero-order valence-electron chi connectivity index (χ0n) is 20.5. The van der Waals surface area contributed by atoms with Crippen LogP contribution >= 0.6 is 0 Å². The normalized spacial score (nSPS) is 19.6. The van der Waals surface area contributed by atoms with Gasteiger partial charge in [-0.15, -0.1) is 0 Å². The van der Waals surface area contributed by atoms with Crippen LogP contribution in [0.2, 0.25) is 0 Å². The van der Waals surface area contributed by atoms with Crippen LogP contribution in [0.15, 0.2) is 83.9 Å². The zero-order chi connectivity index (χ0) is 23.5. The van der Waals surface area contributed by atoms with Gasteiger partial charge in [-0.3, -0.25) is 4.99 Å². The number of benzene rings is 3. The van der Waals surface area contributed by atoms with E-state index in [9.17, 15) is 5.11 Å². The molecule has 2 heteroatoms. The number of hydrogen-bond acceptors (Lipinski definition) is 2. The number of hydrogen-bond donors (Lipinski definition) is 1. The molecule has 3 aromatic rings. The summed E-state index contributed by atoms with van der Waals surface area (Å²) in [6.45, 7) is 9.24. The van der Waals surface area contributed by atoms with Crippen molar-refractivity contribution in [2.45, 2.75) is 64.8 Å². The molecule has 0 aliphatic heterocycles. The van der Waals surface area contributed by atoms with Crippen LogP contribution in [0.25, 0.3) is 0 Å². The van der Waals surface area contributed by atoms with Gasteiger partial charge in [0.2, 0.25) is 0 Å².